The molecular formula is C8H12N4OS. The minimum absolute atomic E-state index is 0.118. The average Bonchev–Trinajstić information content (AvgIpc) is 2.72. The molecule has 0 saturated carbocycles. The summed E-state index contributed by atoms with van der Waals surface area (Å²) in [4.78, 5) is 11.5. The van der Waals surface area contributed by atoms with Crippen LogP contribution in [0.5, 0.6) is 0 Å². The zero-order valence-corrected chi connectivity index (χ0v) is 8.51. The number of piperidine rings is 1. The van der Waals surface area contributed by atoms with E-state index >= 15 is 0 Å². The van der Waals surface area contributed by atoms with E-state index in [4.69, 9.17) is 0 Å². The van der Waals surface area contributed by atoms with Gasteiger partial charge < -0.3 is 10.6 Å². The van der Waals surface area contributed by atoms with E-state index in [9.17, 15) is 4.79 Å². The number of aromatic nitrogens is 2. The van der Waals surface area contributed by atoms with Crippen LogP contribution in [0.15, 0.2) is 6.20 Å². The zero-order chi connectivity index (χ0) is 9.80. The Balaban J connectivity index is 1.87. The monoisotopic (exact) mass is 212 g/mol. The van der Waals surface area contributed by atoms with Crippen molar-refractivity contribution in [1.82, 2.24) is 19.4 Å². The summed E-state index contributed by atoms with van der Waals surface area (Å²) in [7, 11) is 0. The van der Waals surface area contributed by atoms with Crippen molar-refractivity contribution in [2.24, 2.45) is 0 Å². The van der Waals surface area contributed by atoms with Gasteiger partial charge in [0.15, 0.2) is 5.69 Å². The molecule has 0 spiro atoms. The fourth-order valence-electron chi connectivity index (χ4n) is 1.50. The molecule has 0 bridgehead atoms. The highest BCUT2D eigenvalue weighted by Gasteiger charge is 2.17. The number of rotatable bonds is 2. The summed E-state index contributed by atoms with van der Waals surface area (Å²) < 4.78 is 7.67. The van der Waals surface area contributed by atoms with Crippen LogP contribution in [0.25, 0.3) is 0 Å². The van der Waals surface area contributed by atoms with Crippen LogP contribution in [-0.4, -0.2) is 33.8 Å². The first-order chi connectivity index (χ1) is 6.86. The van der Waals surface area contributed by atoms with Crippen LogP contribution < -0.4 is 10.6 Å². The summed E-state index contributed by atoms with van der Waals surface area (Å²) in [6.07, 6.45) is 3.65. The van der Waals surface area contributed by atoms with Crippen molar-refractivity contribution in [2.75, 3.05) is 13.1 Å². The lowest BCUT2D eigenvalue weighted by molar-refractivity contribution is 0.0926. The molecule has 0 unspecified atom stereocenters. The van der Waals surface area contributed by atoms with Crippen LogP contribution in [0.2, 0.25) is 0 Å². The smallest absolute Gasteiger partial charge is 0.272 e. The Morgan fingerprint density at radius 2 is 2.64 bits per heavy atom. The van der Waals surface area contributed by atoms with E-state index in [2.05, 4.69) is 19.4 Å². The van der Waals surface area contributed by atoms with Gasteiger partial charge >= 0.3 is 0 Å². The van der Waals surface area contributed by atoms with Crippen LogP contribution in [0, 0.1) is 0 Å². The summed E-state index contributed by atoms with van der Waals surface area (Å²) in [5.74, 6) is -0.118. The molecule has 1 amide bonds. The Morgan fingerprint density at radius 3 is 3.29 bits per heavy atom. The Kier molecular flexibility index (Phi) is 3.05. The molecule has 6 heteroatoms. The molecule has 1 aromatic heterocycles. The fourth-order valence-corrected chi connectivity index (χ4v) is 1.91. The molecule has 0 radical (unpaired) electrons. The van der Waals surface area contributed by atoms with Gasteiger partial charge in [0, 0.05) is 12.6 Å². The number of hydrogen-bond donors (Lipinski definition) is 2. The SMILES string of the molecule is O=C(N[C@@H]1CCCNC1)c1cnsn1. The van der Waals surface area contributed by atoms with Gasteiger partial charge in [-0.2, -0.15) is 8.75 Å². The van der Waals surface area contributed by atoms with Crippen LogP contribution in [0.4, 0.5) is 0 Å². The number of nitrogens with one attached hydrogen (secondary N) is 2. The van der Waals surface area contributed by atoms with E-state index in [1.807, 2.05) is 0 Å². The molecule has 1 fully saturated rings. The third-order valence-electron chi connectivity index (χ3n) is 2.23. The maximum absolute atomic E-state index is 11.5. The second-order valence-corrected chi connectivity index (χ2v) is 3.87. The van der Waals surface area contributed by atoms with Crippen molar-refractivity contribution in [3.05, 3.63) is 11.9 Å². The molecule has 1 atom stereocenters. The van der Waals surface area contributed by atoms with Crippen LogP contribution >= 0.6 is 11.7 Å². The third kappa shape index (κ3) is 2.27. The second-order valence-electron chi connectivity index (χ2n) is 3.31. The number of carbonyl (C=O) groups is 1. The van der Waals surface area contributed by atoms with E-state index < -0.39 is 0 Å². The largest absolute Gasteiger partial charge is 0.347 e. The molecule has 2 N–H and O–H groups in total. The van der Waals surface area contributed by atoms with Crippen molar-refractivity contribution < 1.29 is 4.79 Å². The molecule has 1 aliphatic heterocycles. The van der Waals surface area contributed by atoms with Crippen molar-refractivity contribution in [3.63, 3.8) is 0 Å². The third-order valence-corrected chi connectivity index (χ3v) is 2.70. The molecule has 1 aliphatic rings. The van der Waals surface area contributed by atoms with E-state index in [-0.39, 0.29) is 11.9 Å². The van der Waals surface area contributed by atoms with E-state index in [1.165, 1.54) is 6.20 Å². The predicted octanol–water partition coefficient (Wildman–Crippen LogP) is 0.0199. The standard InChI is InChI=1S/C8H12N4OS/c13-8(7-5-10-14-12-7)11-6-2-1-3-9-4-6/h5-6,9H,1-4H2,(H,11,13)/t6-/m1/s1. The zero-order valence-electron chi connectivity index (χ0n) is 7.69. The Bertz CT molecular complexity index is 294. The molecule has 76 valence electrons. The first-order valence-corrected chi connectivity index (χ1v) is 5.38. The molecule has 5 nitrogen and oxygen atoms in total. The summed E-state index contributed by atoms with van der Waals surface area (Å²) in [6, 6.07) is 0.234. The van der Waals surface area contributed by atoms with E-state index in [0.29, 0.717) is 5.69 Å². The highest BCUT2D eigenvalue weighted by molar-refractivity contribution is 6.99. The number of amides is 1. The van der Waals surface area contributed by atoms with Crippen molar-refractivity contribution in [1.29, 1.82) is 0 Å². The Labute approximate surface area is 86.2 Å². The summed E-state index contributed by atoms with van der Waals surface area (Å²) >= 11 is 1.05. The minimum Gasteiger partial charge on any atom is -0.347 e. The Morgan fingerprint density at radius 1 is 1.71 bits per heavy atom. The van der Waals surface area contributed by atoms with Gasteiger partial charge in [0.2, 0.25) is 0 Å². The average molecular weight is 212 g/mol. The van der Waals surface area contributed by atoms with Gasteiger partial charge in [0.1, 0.15) is 0 Å². The van der Waals surface area contributed by atoms with Crippen LogP contribution in [-0.2, 0) is 0 Å². The maximum Gasteiger partial charge on any atom is 0.272 e. The summed E-state index contributed by atoms with van der Waals surface area (Å²) in [5.41, 5.74) is 0.417. The predicted molar refractivity (Wildman–Crippen MR) is 53.3 cm³/mol. The molecule has 14 heavy (non-hydrogen) atoms. The van der Waals surface area contributed by atoms with Crippen molar-refractivity contribution in [2.45, 2.75) is 18.9 Å². The quantitative estimate of drug-likeness (QED) is 0.725. The molecular weight excluding hydrogens is 200 g/mol. The molecule has 2 rings (SSSR count). The van der Waals surface area contributed by atoms with Crippen LogP contribution in [0.1, 0.15) is 23.3 Å². The van der Waals surface area contributed by atoms with Crippen molar-refractivity contribution >= 4 is 17.6 Å². The first-order valence-electron chi connectivity index (χ1n) is 4.65. The lowest BCUT2D eigenvalue weighted by atomic mass is 10.1. The molecule has 1 aromatic rings. The minimum atomic E-state index is -0.118. The highest BCUT2D eigenvalue weighted by Crippen LogP contribution is 2.03. The van der Waals surface area contributed by atoms with Gasteiger partial charge in [-0.3, -0.25) is 4.79 Å². The van der Waals surface area contributed by atoms with Gasteiger partial charge in [-0.25, -0.2) is 0 Å². The topological polar surface area (TPSA) is 66.9 Å². The van der Waals surface area contributed by atoms with E-state index in [0.717, 1.165) is 37.7 Å². The van der Waals surface area contributed by atoms with Gasteiger partial charge in [0.25, 0.3) is 5.91 Å². The number of hydrogen-bond acceptors (Lipinski definition) is 5. The summed E-state index contributed by atoms with van der Waals surface area (Å²) in [5, 5.41) is 6.16. The Hall–Kier alpha value is -1.01. The fraction of sp³-hybridized carbons (Fsp3) is 0.625. The molecule has 2 heterocycles. The lowest BCUT2D eigenvalue weighted by Gasteiger charge is -2.23. The second kappa shape index (κ2) is 4.47. The summed E-state index contributed by atoms with van der Waals surface area (Å²) in [6.45, 7) is 1.90. The van der Waals surface area contributed by atoms with E-state index in [1.54, 1.807) is 0 Å². The first kappa shape index (κ1) is 9.54. The van der Waals surface area contributed by atoms with Gasteiger partial charge in [-0.05, 0) is 19.4 Å². The van der Waals surface area contributed by atoms with Gasteiger partial charge in [-0.1, -0.05) is 0 Å². The molecule has 1 saturated heterocycles. The molecule has 0 aliphatic carbocycles. The number of carbonyl (C=O) groups excluding carboxylic acids is 1. The van der Waals surface area contributed by atoms with Crippen LogP contribution in [0.3, 0.4) is 0 Å². The van der Waals surface area contributed by atoms with Gasteiger partial charge in [0.05, 0.1) is 17.9 Å². The van der Waals surface area contributed by atoms with Crippen molar-refractivity contribution in [3.8, 4) is 0 Å². The number of nitrogens with zero attached hydrogens (tertiary/aromatic N) is 2. The lowest BCUT2D eigenvalue weighted by Crippen LogP contribution is -2.45. The normalized spacial score (nSPS) is 21.9. The maximum atomic E-state index is 11.5. The van der Waals surface area contributed by atoms with Gasteiger partial charge in [-0.15, -0.1) is 0 Å². The molecule has 0 aromatic carbocycles. The highest BCUT2D eigenvalue weighted by atomic mass is 32.1.